The number of aliphatic hydroxyl groups is 1. The number of rotatable bonds is 7. The van der Waals surface area contributed by atoms with E-state index < -0.39 is 11.9 Å². The molecular weight excluding hydrogens is 435 g/mol. The lowest BCUT2D eigenvalue weighted by Gasteiger charge is -2.18. The van der Waals surface area contributed by atoms with Crippen molar-refractivity contribution in [2.75, 3.05) is 11.9 Å². The van der Waals surface area contributed by atoms with Gasteiger partial charge in [-0.1, -0.05) is 17.7 Å². The van der Waals surface area contributed by atoms with Crippen LogP contribution >= 0.6 is 11.6 Å². The van der Waals surface area contributed by atoms with Crippen LogP contribution in [0.2, 0.25) is 5.02 Å². The van der Waals surface area contributed by atoms with Gasteiger partial charge in [0, 0.05) is 36.6 Å². The number of aryl methyl sites for hydroxylation is 1. The molecule has 3 aromatic heterocycles. The Hall–Kier alpha value is -3.56. The fourth-order valence-corrected chi connectivity index (χ4v) is 3.55. The van der Waals surface area contributed by atoms with E-state index in [1.54, 1.807) is 35.4 Å². The maximum absolute atomic E-state index is 13.5. The molecule has 0 radical (unpaired) electrons. The number of hydrogen-bond donors (Lipinski definition) is 2. The highest BCUT2D eigenvalue weighted by Crippen LogP contribution is 2.24. The van der Waals surface area contributed by atoms with Crippen molar-refractivity contribution in [1.29, 1.82) is 0 Å². The molecule has 1 atom stereocenters. The molecule has 164 valence electrons. The molecule has 0 bridgehead atoms. The molecule has 0 amide bonds. The summed E-state index contributed by atoms with van der Waals surface area (Å²) in [6.07, 6.45) is 4.85. The van der Waals surface area contributed by atoms with Gasteiger partial charge in [-0.05, 0) is 36.8 Å². The molecule has 4 rings (SSSR count). The van der Waals surface area contributed by atoms with E-state index in [9.17, 15) is 14.3 Å². The minimum atomic E-state index is -0.702. The van der Waals surface area contributed by atoms with Gasteiger partial charge in [-0.15, -0.1) is 0 Å². The van der Waals surface area contributed by atoms with E-state index in [0.29, 0.717) is 29.3 Å². The van der Waals surface area contributed by atoms with E-state index in [1.807, 2.05) is 13.0 Å². The highest BCUT2D eigenvalue weighted by Gasteiger charge is 2.16. The Balaban J connectivity index is 1.63. The summed E-state index contributed by atoms with van der Waals surface area (Å²) >= 11 is 5.86. The van der Waals surface area contributed by atoms with Gasteiger partial charge in [0.2, 0.25) is 5.95 Å². The topological polar surface area (TPSA) is 97.9 Å². The molecule has 3 heterocycles. The van der Waals surface area contributed by atoms with Gasteiger partial charge in [-0.25, -0.2) is 19.0 Å². The molecule has 0 aliphatic rings. The number of halogens is 2. The molecule has 0 aliphatic carbocycles. The van der Waals surface area contributed by atoms with Crippen LogP contribution in [0, 0.1) is 5.82 Å². The lowest BCUT2D eigenvalue weighted by Crippen LogP contribution is -2.26. The van der Waals surface area contributed by atoms with Gasteiger partial charge in [0.1, 0.15) is 11.6 Å². The molecule has 0 aliphatic heterocycles. The smallest absolute Gasteiger partial charge is 0.251 e. The van der Waals surface area contributed by atoms with Crippen LogP contribution in [0.15, 0.2) is 65.8 Å². The maximum atomic E-state index is 13.5. The summed E-state index contributed by atoms with van der Waals surface area (Å²) in [7, 11) is 0. The van der Waals surface area contributed by atoms with Crippen molar-refractivity contribution in [3.8, 4) is 11.3 Å². The van der Waals surface area contributed by atoms with Crippen LogP contribution in [0.25, 0.3) is 11.3 Å². The predicted octanol–water partition coefficient (Wildman–Crippen LogP) is 3.64. The second-order valence-electron chi connectivity index (χ2n) is 6.96. The normalized spacial score (nSPS) is 12.0. The molecule has 0 spiro atoms. The Kier molecular flexibility index (Phi) is 6.29. The molecule has 4 aromatic rings. The summed E-state index contributed by atoms with van der Waals surface area (Å²) < 4.78 is 16.6. The predicted molar refractivity (Wildman–Crippen MR) is 120 cm³/mol. The summed E-state index contributed by atoms with van der Waals surface area (Å²) in [5.74, 6) is 0.560. The van der Waals surface area contributed by atoms with Crippen molar-refractivity contribution in [3.63, 3.8) is 0 Å². The third-order valence-electron chi connectivity index (χ3n) is 4.99. The first kappa shape index (κ1) is 21.7. The van der Waals surface area contributed by atoms with E-state index >= 15 is 0 Å². The Bertz CT molecular complexity index is 1310. The minimum absolute atomic E-state index is 0.0731. The summed E-state index contributed by atoms with van der Waals surface area (Å²) in [5.41, 5.74) is 1.32. The number of aliphatic hydroxyl groups excluding tert-OH is 1. The molecule has 1 unspecified atom stereocenters. The molecular formula is C22H20ClFN6O2. The molecule has 1 aromatic carbocycles. The highest BCUT2D eigenvalue weighted by atomic mass is 35.5. The van der Waals surface area contributed by atoms with Gasteiger partial charge in [-0.3, -0.25) is 4.79 Å². The Morgan fingerprint density at radius 2 is 2.03 bits per heavy atom. The van der Waals surface area contributed by atoms with E-state index in [1.165, 1.54) is 28.8 Å². The first-order valence-corrected chi connectivity index (χ1v) is 10.3. The minimum Gasteiger partial charge on any atom is -0.394 e. The van der Waals surface area contributed by atoms with Crippen molar-refractivity contribution >= 4 is 23.4 Å². The lowest BCUT2D eigenvalue weighted by atomic mass is 10.1. The number of benzene rings is 1. The molecule has 2 N–H and O–H groups in total. The van der Waals surface area contributed by atoms with Crippen LogP contribution in [-0.4, -0.2) is 36.0 Å². The number of aromatic nitrogens is 5. The zero-order valence-electron chi connectivity index (χ0n) is 17.1. The molecule has 32 heavy (non-hydrogen) atoms. The van der Waals surface area contributed by atoms with E-state index in [-0.39, 0.29) is 17.2 Å². The first-order chi connectivity index (χ1) is 15.5. The Morgan fingerprint density at radius 3 is 2.75 bits per heavy atom. The van der Waals surface area contributed by atoms with Crippen molar-refractivity contribution in [3.05, 3.63) is 87.8 Å². The van der Waals surface area contributed by atoms with Crippen LogP contribution in [0.3, 0.4) is 0 Å². The molecule has 0 fully saturated rings. The molecule has 10 heteroatoms. The van der Waals surface area contributed by atoms with Gasteiger partial charge in [-0.2, -0.15) is 5.10 Å². The summed E-state index contributed by atoms with van der Waals surface area (Å²) in [6, 6.07) is 10.1. The summed E-state index contributed by atoms with van der Waals surface area (Å²) in [5, 5.41) is 17.1. The standard InChI is InChI=1S/C22H20ClFN6O2/c1-2-30-20(6-9-26-30)28-22-25-8-5-18(27-22)14-7-10-29(21(32)12-14)19(13-31)15-3-4-17(24)16(23)11-15/h3-12,19,31H,2,13H2,1H3,(H,25,27,28). The van der Waals surface area contributed by atoms with Crippen LogP contribution in [0.4, 0.5) is 16.2 Å². The van der Waals surface area contributed by atoms with E-state index in [0.717, 1.165) is 5.82 Å². The quantitative estimate of drug-likeness (QED) is 0.442. The van der Waals surface area contributed by atoms with E-state index in [2.05, 4.69) is 20.4 Å². The second-order valence-corrected chi connectivity index (χ2v) is 7.36. The van der Waals surface area contributed by atoms with Crippen LogP contribution in [0.5, 0.6) is 0 Å². The monoisotopic (exact) mass is 454 g/mol. The Labute approximate surface area is 188 Å². The lowest BCUT2D eigenvalue weighted by molar-refractivity contribution is 0.247. The highest BCUT2D eigenvalue weighted by molar-refractivity contribution is 6.30. The van der Waals surface area contributed by atoms with Gasteiger partial charge < -0.3 is 15.0 Å². The van der Waals surface area contributed by atoms with Crippen LogP contribution in [0.1, 0.15) is 18.5 Å². The number of nitrogens with zero attached hydrogens (tertiary/aromatic N) is 5. The number of hydrogen-bond acceptors (Lipinski definition) is 6. The van der Waals surface area contributed by atoms with Crippen molar-refractivity contribution in [2.24, 2.45) is 0 Å². The van der Waals surface area contributed by atoms with Gasteiger partial charge >= 0.3 is 0 Å². The van der Waals surface area contributed by atoms with Crippen LogP contribution in [-0.2, 0) is 6.54 Å². The summed E-state index contributed by atoms with van der Waals surface area (Å²) in [6.45, 7) is 2.32. The molecule has 0 saturated carbocycles. The average molecular weight is 455 g/mol. The SMILES string of the molecule is CCn1nccc1Nc1nccc(-c2ccn(C(CO)c3ccc(F)c(Cl)c3)c(=O)c2)n1. The third kappa shape index (κ3) is 4.39. The number of pyridine rings is 1. The van der Waals surface area contributed by atoms with Crippen molar-refractivity contribution in [1.82, 2.24) is 24.3 Å². The van der Waals surface area contributed by atoms with Crippen molar-refractivity contribution < 1.29 is 9.50 Å². The van der Waals surface area contributed by atoms with Crippen molar-refractivity contribution in [2.45, 2.75) is 19.5 Å². The average Bonchev–Trinajstić information content (AvgIpc) is 3.25. The van der Waals surface area contributed by atoms with E-state index in [4.69, 9.17) is 11.6 Å². The fourth-order valence-electron chi connectivity index (χ4n) is 3.37. The van der Waals surface area contributed by atoms with Crippen LogP contribution < -0.4 is 10.9 Å². The Morgan fingerprint density at radius 1 is 1.19 bits per heavy atom. The van der Waals surface area contributed by atoms with Gasteiger partial charge in [0.25, 0.3) is 5.56 Å². The largest absolute Gasteiger partial charge is 0.394 e. The first-order valence-electron chi connectivity index (χ1n) is 9.90. The van der Waals surface area contributed by atoms with Gasteiger partial charge in [0.15, 0.2) is 0 Å². The second kappa shape index (κ2) is 9.29. The summed E-state index contributed by atoms with van der Waals surface area (Å²) in [4.78, 5) is 21.6. The zero-order chi connectivity index (χ0) is 22.7. The fraction of sp³-hybridized carbons (Fsp3) is 0.182. The zero-order valence-corrected chi connectivity index (χ0v) is 17.9. The number of nitrogens with one attached hydrogen (secondary N) is 1. The molecule has 8 nitrogen and oxygen atoms in total. The van der Waals surface area contributed by atoms with Gasteiger partial charge in [0.05, 0.1) is 29.6 Å². The maximum Gasteiger partial charge on any atom is 0.251 e. The third-order valence-corrected chi connectivity index (χ3v) is 5.28. The number of anilines is 2. The molecule has 0 saturated heterocycles.